The van der Waals surface area contributed by atoms with Gasteiger partial charge in [0.25, 0.3) is 0 Å². The zero-order valence-corrected chi connectivity index (χ0v) is 12.7. The Morgan fingerprint density at radius 3 is 2.45 bits per heavy atom. The first-order valence-electron chi connectivity index (χ1n) is 5.57. The molecule has 0 saturated carbocycles. The Morgan fingerprint density at radius 2 is 1.90 bits per heavy atom. The van der Waals surface area contributed by atoms with Crippen LogP contribution in [0.2, 0.25) is 10.0 Å². The summed E-state index contributed by atoms with van der Waals surface area (Å²) in [5.74, 6) is -0.0924. The molecule has 0 saturated heterocycles. The topological polar surface area (TPSA) is 50.9 Å². The van der Waals surface area contributed by atoms with Crippen molar-refractivity contribution in [2.45, 2.75) is 6.92 Å². The van der Waals surface area contributed by atoms with Crippen LogP contribution >= 0.6 is 35.4 Å². The quantitative estimate of drug-likeness (QED) is 0.828. The van der Waals surface area contributed by atoms with Crippen molar-refractivity contribution in [3.05, 3.63) is 51.4 Å². The van der Waals surface area contributed by atoms with Crippen LogP contribution in [-0.2, 0) is 0 Å². The van der Waals surface area contributed by atoms with Crippen LogP contribution in [0.15, 0.2) is 24.3 Å². The highest BCUT2D eigenvalue weighted by Gasteiger charge is 2.13. The molecule has 20 heavy (non-hydrogen) atoms. The second-order valence-corrected chi connectivity index (χ2v) is 5.34. The number of benzene rings is 1. The van der Waals surface area contributed by atoms with Gasteiger partial charge in [0, 0.05) is 5.69 Å². The van der Waals surface area contributed by atoms with E-state index < -0.39 is 5.82 Å². The van der Waals surface area contributed by atoms with Crippen LogP contribution in [0, 0.1) is 12.7 Å². The Labute approximate surface area is 130 Å². The highest BCUT2D eigenvalue weighted by Crippen LogP contribution is 2.34. The standard InChI is InChI=1S/C13H10Cl2FN3S/c1-6-2-3-8(12(17)20)13(18-6)19-11-9(14)4-7(16)5-10(11)15/h2-5H,1H3,(H2,17,20)(H,18,19). The molecule has 1 heterocycles. The monoisotopic (exact) mass is 329 g/mol. The first-order chi connectivity index (χ1) is 9.38. The molecule has 7 heteroatoms. The van der Waals surface area contributed by atoms with E-state index in [0.717, 1.165) is 17.8 Å². The Balaban J connectivity index is 2.50. The van der Waals surface area contributed by atoms with E-state index in [2.05, 4.69) is 10.3 Å². The maximum Gasteiger partial charge on any atom is 0.140 e. The summed E-state index contributed by atoms with van der Waals surface area (Å²) < 4.78 is 13.2. The van der Waals surface area contributed by atoms with Gasteiger partial charge in [-0.25, -0.2) is 9.37 Å². The number of hydrogen-bond acceptors (Lipinski definition) is 3. The number of nitrogens with two attached hydrogens (primary N) is 1. The zero-order chi connectivity index (χ0) is 14.9. The van der Waals surface area contributed by atoms with Gasteiger partial charge in [0.2, 0.25) is 0 Å². The fourth-order valence-electron chi connectivity index (χ4n) is 1.63. The number of aromatic nitrogens is 1. The molecule has 1 aromatic heterocycles. The van der Waals surface area contributed by atoms with E-state index in [-0.39, 0.29) is 15.0 Å². The van der Waals surface area contributed by atoms with Crippen molar-refractivity contribution in [2.75, 3.05) is 5.32 Å². The van der Waals surface area contributed by atoms with Crippen LogP contribution in [0.1, 0.15) is 11.3 Å². The first kappa shape index (κ1) is 15.0. The predicted molar refractivity (Wildman–Crippen MR) is 84.6 cm³/mol. The van der Waals surface area contributed by atoms with E-state index in [0.29, 0.717) is 17.1 Å². The lowest BCUT2D eigenvalue weighted by atomic mass is 10.2. The lowest BCUT2D eigenvalue weighted by Gasteiger charge is -2.13. The van der Waals surface area contributed by atoms with Gasteiger partial charge < -0.3 is 11.1 Å². The minimum Gasteiger partial charge on any atom is -0.389 e. The SMILES string of the molecule is Cc1ccc(C(N)=S)c(Nc2c(Cl)cc(F)cc2Cl)n1. The molecule has 3 nitrogen and oxygen atoms in total. The lowest BCUT2D eigenvalue weighted by Crippen LogP contribution is -2.13. The molecule has 0 aliphatic heterocycles. The van der Waals surface area contributed by atoms with Crippen molar-refractivity contribution in [3.63, 3.8) is 0 Å². The summed E-state index contributed by atoms with van der Waals surface area (Å²) in [5, 5.41) is 3.24. The van der Waals surface area contributed by atoms with E-state index in [1.54, 1.807) is 12.1 Å². The third-order valence-corrected chi connectivity index (χ3v) is 3.37. The zero-order valence-electron chi connectivity index (χ0n) is 10.4. The average Bonchev–Trinajstić information content (AvgIpc) is 2.33. The van der Waals surface area contributed by atoms with Gasteiger partial charge in [-0.3, -0.25) is 0 Å². The fourth-order valence-corrected chi connectivity index (χ4v) is 2.35. The summed E-state index contributed by atoms with van der Waals surface area (Å²) >= 11 is 16.9. The number of hydrogen-bond donors (Lipinski definition) is 2. The summed E-state index contributed by atoms with van der Waals surface area (Å²) in [6.07, 6.45) is 0. The number of nitrogens with one attached hydrogen (secondary N) is 1. The van der Waals surface area contributed by atoms with Crippen LogP contribution < -0.4 is 11.1 Å². The number of pyridine rings is 1. The van der Waals surface area contributed by atoms with Crippen LogP contribution in [0.4, 0.5) is 15.9 Å². The number of aryl methyl sites for hydroxylation is 1. The van der Waals surface area contributed by atoms with Gasteiger partial charge in [0.1, 0.15) is 16.6 Å². The summed E-state index contributed by atoms with van der Waals surface area (Å²) in [7, 11) is 0. The molecule has 0 unspecified atom stereocenters. The van der Waals surface area contributed by atoms with Crippen molar-refractivity contribution in [1.82, 2.24) is 4.98 Å². The minimum atomic E-state index is -0.516. The van der Waals surface area contributed by atoms with Crippen LogP contribution in [0.3, 0.4) is 0 Å². The number of halogens is 3. The van der Waals surface area contributed by atoms with Gasteiger partial charge in [-0.05, 0) is 31.2 Å². The molecule has 0 bridgehead atoms. The van der Waals surface area contributed by atoms with Crippen molar-refractivity contribution in [3.8, 4) is 0 Å². The molecule has 104 valence electrons. The van der Waals surface area contributed by atoms with E-state index in [1.165, 1.54) is 0 Å². The van der Waals surface area contributed by atoms with Gasteiger partial charge in [-0.15, -0.1) is 0 Å². The fraction of sp³-hybridized carbons (Fsp3) is 0.0769. The highest BCUT2D eigenvalue weighted by molar-refractivity contribution is 7.80. The molecule has 2 aromatic rings. The van der Waals surface area contributed by atoms with E-state index in [4.69, 9.17) is 41.2 Å². The molecule has 0 radical (unpaired) electrons. The Morgan fingerprint density at radius 1 is 1.30 bits per heavy atom. The summed E-state index contributed by atoms with van der Waals surface area (Å²) in [6, 6.07) is 5.85. The first-order valence-corrected chi connectivity index (χ1v) is 6.74. The number of anilines is 2. The maximum atomic E-state index is 13.2. The van der Waals surface area contributed by atoms with Crippen molar-refractivity contribution in [2.24, 2.45) is 5.73 Å². The highest BCUT2D eigenvalue weighted by atomic mass is 35.5. The molecule has 0 spiro atoms. The van der Waals surface area contributed by atoms with Crippen LogP contribution in [0.5, 0.6) is 0 Å². The normalized spacial score (nSPS) is 10.4. The average molecular weight is 330 g/mol. The maximum absolute atomic E-state index is 13.2. The third-order valence-electron chi connectivity index (χ3n) is 2.55. The van der Waals surface area contributed by atoms with E-state index in [9.17, 15) is 4.39 Å². The van der Waals surface area contributed by atoms with Crippen LogP contribution in [0.25, 0.3) is 0 Å². The molecular formula is C13H10Cl2FN3S. The summed E-state index contributed by atoms with van der Waals surface area (Å²) in [6.45, 7) is 1.82. The van der Waals surface area contributed by atoms with E-state index >= 15 is 0 Å². The predicted octanol–water partition coefficient (Wildman–Crippen LogP) is 4.21. The molecule has 3 N–H and O–H groups in total. The molecule has 0 atom stereocenters. The molecule has 0 aliphatic rings. The smallest absolute Gasteiger partial charge is 0.140 e. The second kappa shape index (κ2) is 5.91. The third kappa shape index (κ3) is 3.17. The molecule has 0 fully saturated rings. The van der Waals surface area contributed by atoms with E-state index in [1.807, 2.05) is 6.92 Å². The summed E-state index contributed by atoms with van der Waals surface area (Å²) in [4.78, 5) is 4.49. The molecule has 0 aliphatic carbocycles. The molecule has 0 amide bonds. The second-order valence-electron chi connectivity index (χ2n) is 4.08. The van der Waals surface area contributed by atoms with Gasteiger partial charge >= 0.3 is 0 Å². The van der Waals surface area contributed by atoms with Crippen LogP contribution in [-0.4, -0.2) is 9.97 Å². The number of rotatable bonds is 3. The molecular weight excluding hydrogens is 320 g/mol. The molecule has 2 rings (SSSR count). The molecule has 1 aromatic carbocycles. The Hall–Kier alpha value is -1.43. The number of nitrogens with zero attached hydrogens (tertiary/aromatic N) is 1. The van der Waals surface area contributed by atoms with Gasteiger partial charge in [-0.2, -0.15) is 0 Å². The Bertz CT molecular complexity index is 668. The van der Waals surface area contributed by atoms with Gasteiger partial charge in [0.15, 0.2) is 0 Å². The van der Waals surface area contributed by atoms with Gasteiger partial charge in [-0.1, -0.05) is 35.4 Å². The van der Waals surface area contributed by atoms with Crippen molar-refractivity contribution in [1.29, 1.82) is 0 Å². The van der Waals surface area contributed by atoms with Crippen molar-refractivity contribution >= 4 is 51.9 Å². The summed E-state index contributed by atoms with van der Waals surface area (Å²) in [5.41, 5.74) is 7.32. The van der Waals surface area contributed by atoms with Crippen molar-refractivity contribution < 1.29 is 4.39 Å². The largest absolute Gasteiger partial charge is 0.389 e. The number of thiocarbonyl (C=S) groups is 1. The van der Waals surface area contributed by atoms with Gasteiger partial charge in [0.05, 0.1) is 21.3 Å². The lowest BCUT2D eigenvalue weighted by molar-refractivity contribution is 0.628. The Kier molecular flexibility index (Phi) is 4.42. The minimum absolute atomic E-state index is 0.146.